The van der Waals surface area contributed by atoms with E-state index in [9.17, 15) is 14.0 Å². The molecule has 1 atom stereocenters. The maximum Gasteiger partial charge on any atom is 0.306 e. The lowest BCUT2D eigenvalue weighted by Gasteiger charge is -2.16. The number of rotatable bonds is 13. The van der Waals surface area contributed by atoms with Crippen LogP contribution in [-0.2, 0) is 14.3 Å². The van der Waals surface area contributed by atoms with E-state index in [2.05, 4.69) is 10.3 Å². The van der Waals surface area contributed by atoms with Gasteiger partial charge in [-0.3, -0.25) is 14.9 Å². The van der Waals surface area contributed by atoms with Crippen LogP contribution in [0, 0.1) is 5.82 Å². The summed E-state index contributed by atoms with van der Waals surface area (Å²) in [6.07, 6.45) is 1.68. The van der Waals surface area contributed by atoms with E-state index < -0.39 is 5.91 Å². The van der Waals surface area contributed by atoms with E-state index in [0.717, 1.165) is 4.21 Å². The number of nitrogens with one attached hydrogen (secondary N) is 1. The van der Waals surface area contributed by atoms with Gasteiger partial charge in [0, 0.05) is 24.5 Å². The predicted molar refractivity (Wildman–Crippen MR) is 137 cm³/mol. The van der Waals surface area contributed by atoms with E-state index in [1.165, 1.54) is 47.4 Å². The van der Waals surface area contributed by atoms with E-state index in [4.69, 9.17) is 18.9 Å². The van der Waals surface area contributed by atoms with E-state index in [1.54, 1.807) is 38.4 Å². The van der Waals surface area contributed by atoms with E-state index in [-0.39, 0.29) is 17.9 Å². The second-order valence-electron chi connectivity index (χ2n) is 7.47. The molecule has 0 unspecified atom stereocenters. The molecule has 0 saturated carbocycles. The number of methoxy groups -OCH3 is 1. The van der Waals surface area contributed by atoms with Gasteiger partial charge in [0.15, 0.2) is 5.13 Å². The Bertz CT molecular complexity index is 1160. The Labute approximate surface area is 217 Å². The molecule has 1 N–H and O–H groups in total. The number of hydrogen-bond acceptors (Lipinski definition) is 9. The van der Waals surface area contributed by atoms with Crippen LogP contribution >= 0.6 is 23.1 Å². The quantitative estimate of drug-likeness (QED) is 0.218. The third-order valence-corrected chi connectivity index (χ3v) is 6.60. The lowest BCUT2D eigenvalue weighted by Crippen LogP contribution is -2.18. The van der Waals surface area contributed by atoms with Crippen LogP contribution in [0.2, 0.25) is 0 Å². The maximum atomic E-state index is 13.3. The fraction of sp³-hybridized carbons (Fsp3) is 0.320. The molecule has 2 aromatic carbocycles. The molecule has 192 valence electrons. The average molecular weight is 535 g/mol. The largest absolute Gasteiger partial charge is 0.488 e. The van der Waals surface area contributed by atoms with Gasteiger partial charge in [-0.25, -0.2) is 9.37 Å². The molecule has 8 nitrogen and oxygen atoms in total. The first-order chi connectivity index (χ1) is 17.4. The number of amides is 1. The molecule has 0 aliphatic rings. The molecule has 0 aliphatic heterocycles. The molecular formula is C25H27FN2O6S2. The number of halogens is 1. The third-order valence-electron chi connectivity index (χ3n) is 4.49. The second-order valence-corrected chi connectivity index (χ2v) is 9.90. The Hall–Kier alpha value is -3.15. The first-order valence-corrected chi connectivity index (χ1v) is 13.0. The van der Waals surface area contributed by atoms with Crippen LogP contribution in [0.15, 0.2) is 52.9 Å². The summed E-state index contributed by atoms with van der Waals surface area (Å²) in [5.41, 5.74) is 0.293. The van der Waals surface area contributed by atoms with Crippen molar-refractivity contribution in [3.8, 4) is 17.2 Å². The van der Waals surface area contributed by atoms with Gasteiger partial charge in [0.2, 0.25) is 0 Å². The highest BCUT2D eigenvalue weighted by Gasteiger charge is 2.15. The maximum absolute atomic E-state index is 13.3. The molecule has 0 radical (unpaired) electrons. The van der Waals surface area contributed by atoms with Crippen LogP contribution in [0.25, 0.3) is 0 Å². The van der Waals surface area contributed by atoms with Crippen molar-refractivity contribution < 1.29 is 32.9 Å². The van der Waals surface area contributed by atoms with Crippen LogP contribution < -0.4 is 14.8 Å². The minimum Gasteiger partial charge on any atom is -0.488 e. The number of carbonyl (C=O) groups is 2. The minimum atomic E-state index is -0.402. The van der Waals surface area contributed by atoms with Crippen LogP contribution in [0.5, 0.6) is 17.2 Å². The summed E-state index contributed by atoms with van der Waals surface area (Å²) in [5, 5.41) is 3.20. The molecule has 11 heteroatoms. The summed E-state index contributed by atoms with van der Waals surface area (Å²) in [5.74, 6) is 0.702. The molecule has 1 heterocycles. The predicted octanol–water partition coefficient (Wildman–Crippen LogP) is 5.79. The van der Waals surface area contributed by atoms with Gasteiger partial charge in [-0.2, -0.15) is 0 Å². The molecule has 0 bridgehead atoms. The fourth-order valence-corrected chi connectivity index (χ4v) is 4.86. The number of hydrogen-bond donors (Lipinski definition) is 1. The number of thiazole rings is 1. The summed E-state index contributed by atoms with van der Waals surface area (Å²) >= 11 is 2.77. The Kier molecular flexibility index (Phi) is 10.5. The number of thioether (sulfide) groups is 1. The van der Waals surface area contributed by atoms with Gasteiger partial charge in [-0.15, -0.1) is 11.8 Å². The van der Waals surface area contributed by atoms with Gasteiger partial charge in [0.05, 0.1) is 30.0 Å². The van der Waals surface area contributed by atoms with E-state index in [0.29, 0.717) is 53.3 Å². The number of anilines is 1. The summed E-state index contributed by atoms with van der Waals surface area (Å²) in [4.78, 5) is 28.7. The van der Waals surface area contributed by atoms with Gasteiger partial charge in [0.25, 0.3) is 5.91 Å². The zero-order chi connectivity index (χ0) is 25.9. The second kappa shape index (κ2) is 13.8. The van der Waals surface area contributed by atoms with E-state index >= 15 is 0 Å². The monoisotopic (exact) mass is 534 g/mol. The van der Waals surface area contributed by atoms with Gasteiger partial charge in [-0.1, -0.05) is 11.3 Å². The Morgan fingerprint density at radius 2 is 1.89 bits per heavy atom. The zero-order valence-electron chi connectivity index (χ0n) is 20.1. The van der Waals surface area contributed by atoms with Crippen molar-refractivity contribution in [3.05, 3.63) is 60.0 Å². The molecule has 0 fully saturated rings. The molecule has 0 aliphatic carbocycles. The molecule has 1 amide bonds. The topological polar surface area (TPSA) is 96.0 Å². The van der Waals surface area contributed by atoms with Crippen molar-refractivity contribution in [2.75, 3.05) is 31.4 Å². The SMILES string of the molecule is CCOC(=O)CCSc1cnc(NC(=O)c2cc(Oc3ccc(F)cc3)cc(O[C@@H](C)COC)c2)s1. The van der Waals surface area contributed by atoms with Crippen molar-refractivity contribution in [1.82, 2.24) is 4.98 Å². The standard InChI is InChI=1S/C25H27FN2O6S2/c1-4-32-22(29)9-10-35-23-14-27-25(36-23)28-24(30)17-11-20(33-16(2)15-31-3)13-21(12-17)34-19-7-5-18(26)6-8-19/h5-8,11-14,16H,4,9-10,15H2,1-3H3,(H,27,28,30)/t16-/m0/s1. The zero-order valence-corrected chi connectivity index (χ0v) is 21.7. The summed E-state index contributed by atoms with van der Waals surface area (Å²) < 4.78 is 35.9. The normalized spacial score (nSPS) is 11.6. The number of esters is 1. The fourth-order valence-electron chi connectivity index (χ4n) is 2.99. The van der Waals surface area contributed by atoms with Gasteiger partial charge in [-0.05, 0) is 50.2 Å². The summed E-state index contributed by atoms with van der Waals surface area (Å²) in [7, 11) is 1.57. The first kappa shape index (κ1) is 27.4. The smallest absolute Gasteiger partial charge is 0.306 e. The van der Waals surface area contributed by atoms with Crippen molar-refractivity contribution in [3.63, 3.8) is 0 Å². The average Bonchev–Trinajstić information content (AvgIpc) is 3.27. The van der Waals surface area contributed by atoms with Crippen molar-refractivity contribution in [1.29, 1.82) is 0 Å². The van der Waals surface area contributed by atoms with Crippen molar-refractivity contribution >= 4 is 40.1 Å². The minimum absolute atomic E-state index is 0.247. The van der Waals surface area contributed by atoms with Gasteiger partial charge in [0.1, 0.15) is 29.2 Å². The van der Waals surface area contributed by atoms with Crippen molar-refractivity contribution in [2.24, 2.45) is 0 Å². The molecule has 0 saturated heterocycles. The lowest BCUT2D eigenvalue weighted by molar-refractivity contribution is -0.142. The number of carbonyl (C=O) groups excluding carboxylic acids is 2. The summed E-state index contributed by atoms with van der Waals surface area (Å²) in [6, 6.07) is 10.4. The molecule has 1 aromatic heterocycles. The molecular weight excluding hydrogens is 507 g/mol. The third kappa shape index (κ3) is 8.81. The Balaban J connectivity index is 1.71. The highest BCUT2D eigenvalue weighted by Crippen LogP contribution is 2.31. The van der Waals surface area contributed by atoms with Crippen LogP contribution in [0.1, 0.15) is 30.6 Å². The van der Waals surface area contributed by atoms with Crippen LogP contribution in [0.4, 0.5) is 9.52 Å². The van der Waals surface area contributed by atoms with Crippen LogP contribution in [-0.4, -0.2) is 49.0 Å². The van der Waals surface area contributed by atoms with Gasteiger partial charge < -0.3 is 18.9 Å². The number of ether oxygens (including phenoxy) is 4. The summed E-state index contributed by atoms with van der Waals surface area (Å²) in [6.45, 7) is 4.32. The van der Waals surface area contributed by atoms with Crippen LogP contribution in [0.3, 0.4) is 0 Å². The number of benzene rings is 2. The van der Waals surface area contributed by atoms with Crippen molar-refractivity contribution in [2.45, 2.75) is 30.6 Å². The highest BCUT2D eigenvalue weighted by molar-refractivity contribution is 8.01. The van der Waals surface area contributed by atoms with E-state index in [1.807, 2.05) is 6.92 Å². The first-order valence-electron chi connectivity index (χ1n) is 11.2. The molecule has 3 aromatic rings. The number of nitrogens with zero attached hydrogens (tertiary/aromatic N) is 1. The Morgan fingerprint density at radius 1 is 1.14 bits per heavy atom. The molecule has 36 heavy (non-hydrogen) atoms. The molecule has 0 spiro atoms. The molecule has 3 rings (SSSR count). The number of aromatic nitrogens is 1. The Morgan fingerprint density at radius 3 is 2.61 bits per heavy atom. The highest BCUT2D eigenvalue weighted by atomic mass is 32.2. The lowest BCUT2D eigenvalue weighted by atomic mass is 10.2. The van der Waals surface area contributed by atoms with Gasteiger partial charge >= 0.3 is 5.97 Å².